The number of nitrogens with one attached hydrogen (secondary N) is 1. The maximum Gasteiger partial charge on any atom is 0.349 e. The third-order valence-corrected chi connectivity index (χ3v) is 5.17. The Hall–Kier alpha value is -0.960. The topological polar surface area (TPSA) is 92.7 Å². The zero-order valence-electron chi connectivity index (χ0n) is 10.8. The molecule has 108 valence electrons. The average molecular weight is 307 g/mol. The van der Waals surface area contributed by atoms with Crippen molar-refractivity contribution in [3.8, 4) is 0 Å². The predicted octanol–water partition coefficient (Wildman–Crippen LogP) is 0.974. The van der Waals surface area contributed by atoms with E-state index in [-0.39, 0.29) is 22.4 Å². The molecule has 1 rings (SSSR count). The molecule has 2 N–H and O–H groups in total. The molecule has 19 heavy (non-hydrogen) atoms. The first-order chi connectivity index (χ1) is 8.96. The standard InChI is InChI=1S/C11H17NO5S2/c1-3-8(4-6-13)12-19(15,16)9-5-7-18-10(9)11(14)17-2/h5,7-8,12-13H,3-4,6H2,1-2H3. The van der Waals surface area contributed by atoms with Crippen LogP contribution in [0.4, 0.5) is 0 Å². The normalized spacial score (nSPS) is 13.2. The first-order valence-electron chi connectivity index (χ1n) is 5.75. The van der Waals surface area contributed by atoms with Gasteiger partial charge in [0.1, 0.15) is 9.77 Å². The second-order valence-electron chi connectivity index (χ2n) is 3.84. The van der Waals surface area contributed by atoms with Gasteiger partial charge in [-0.2, -0.15) is 0 Å². The summed E-state index contributed by atoms with van der Waals surface area (Å²) in [6.45, 7) is 1.71. The second kappa shape index (κ2) is 6.99. The van der Waals surface area contributed by atoms with E-state index in [1.165, 1.54) is 18.6 Å². The Morgan fingerprint density at radius 1 is 1.58 bits per heavy atom. The number of methoxy groups -OCH3 is 1. The number of carbonyl (C=O) groups excluding carboxylic acids is 1. The van der Waals surface area contributed by atoms with Gasteiger partial charge in [-0.1, -0.05) is 6.92 Å². The molecule has 0 amide bonds. The lowest BCUT2D eigenvalue weighted by atomic mass is 10.2. The fourth-order valence-electron chi connectivity index (χ4n) is 1.54. The van der Waals surface area contributed by atoms with Gasteiger partial charge in [0, 0.05) is 12.6 Å². The number of aliphatic hydroxyl groups excluding tert-OH is 1. The molecule has 1 aromatic heterocycles. The zero-order valence-corrected chi connectivity index (χ0v) is 12.4. The third kappa shape index (κ3) is 4.00. The number of esters is 1. The van der Waals surface area contributed by atoms with Crippen molar-refractivity contribution < 1.29 is 23.1 Å². The lowest BCUT2D eigenvalue weighted by Gasteiger charge is -2.15. The van der Waals surface area contributed by atoms with Crippen molar-refractivity contribution in [2.24, 2.45) is 0 Å². The number of thiophene rings is 1. The molecule has 0 aliphatic rings. The van der Waals surface area contributed by atoms with Gasteiger partial charge in [0.25, 0.3) is 0 Å². The molecule has 0 saturated carbocycles. The van der Waals surface area contributed by atoms with Crippen LogP contribution in [-0.2, 0) is 14.8 Å². The van der Waals surface area contributed by atoms with Gasteiger partial charge >= 0.3 is 5.97 Å². The predicted molar refractivity (Wildman–Crippen MR) is 71.8 cm³/mol. The first kappa shape index (κ1) is 16.1. The molecule has 0 saturated heterocycles. The van der Waals surface area contributed by atoms with Crippen LogP contribution in [0.15, 0.2) is 16.3 Å². The quantitative estimate of drug-likeness (QED) is 0.732. The van der Waals surface area contributed by atoms with Gasteiger partial charge in [0.15, 0.2) is 0 Å². The van der Waals surface area contributed by atoms with Gasteiger partial charge in [0.05, 0.1) is 7.11 Å². The first-order valence-corrected chi connectivity index (χ1v) is 8.11. The number of hydrogen-bond donors (Lipinski definition) is 2. The summed E-state index contributed by atoms with van der Waals surface area (Å²) < 4.78 is 31.4. The van der Waals surface area contributed by atoms with E-state index in [2.05, 4.69) is 9.46 Å². The van der Waals surface area contributed by atoms with E-state index in [1.807, 2.05) is 6.92 Å². The summed E-state index contributed by atoms with van der Waals surface area (Å²) >= 11 is 1.01. The highest BCUT2D eigenvalue weighted by atomic mass is 32.2. The highest BCUT2D eigenvalue weighted by molar-refractivity contribution is 7.89. The molecule has 0 fully saturated rings. The summed E-state index contributed by atoms with van der Waals surface area (Å²) in [6.07, 6.45) is 0.880. The van der Waals surface area contributed by atoms with Gasteiger partial charge < -0.3 is 9.84 Å². The Morgan fingerprint density at radius 2 is 2.26 bits per heavy atom. The number of hydrogen-bond acceptors (Lipinski definition) is 6. The van der Waals surface area contributed by atoms with E-state index in [4.69, 9.17) is 5.11 Å². The molecule has 1 heterocycles. The Balaban J connectivity index is 3.00. The van der Waals surface area contributed by atoms with Gasteiger partial charge in [-0.05, 0) is 24.3 Å². The van der Waals surface area contributed by atoms with E-state index in [0.717, 1.165) is 11.3 Å². The molecule has 0 bridgehead atoms. The minimum absolute atomic E-state index is 0.0499. The highest BCUT2D eigenvalue weighted by Gasteiger charge is 2.26. The number of carbonyl (C=O) groups is 1. The lowest BCUT2D eigenvalue weighted by Crippen LogP contribution is -2.35. The molecule has 0 aliphatic carbocycles. The van der Waals surface area contributed by atoms with Crippen molar-refractivity contribution in [3.63, 3.8) is 0 Å². The Bertz CT molecular complexity index is 523. The molecule has 0 radical (unpaired) electrons. The van der Waals surface area contributed by atoms with Crippen LogP contribution in [0, 0.1) is 0 Å². The summed E-state index contributed by atoms with van der Waals surface area (Å²) in [4.78, 5) is 11.4. The van der Waals surface area contributed by atoms with Crippen molar-refractivity contribution in [2.75, 3.05) is 13.7 Å². The SMILES string of the molecule is CCC(CCO)NS(=O)(=O)c1ccsc1C(=O)OC. The summed E-state index contributed by atoms with van der Waals surface area (Å²) in [5, 5.41) is 10.4. The van der Waals surface area contributed by atoms with Gasteiger partial charge in [0.2, 0.25) is 10.0 Å². The Kier molecular flexibility index (Phi) is 5.92. The Labute approximate surface area is 116 Å². The lowest BCUT2D eigenvalue weighted by molar-refractivity contribution is 0.0602. The molecule has 0 spiro atoms. The molecule has 6 nitrogen and oxygen atoms in total. The summed E-state index contributed by atoms with van der Waals surface area (Å²) in [6, 6.07) is 1.01. The van der Waals surface area contributed by atoms with Gasteiger partial charge in [-0.15, -0.1) is 11.3 Å². The van der Waals surface area contributed by atoms with Crippen LogP contribution >= 0.6 is 11.3 Å². The third-order valence-electron chi connectivity index (χ3n) is 2.58. The van der Waals surface area contributed by atoms with Crippen LogP contribution in [0.5, 0.6) is 0 Å². The molecular weight excluding hydrogens is 290 g/mol. The fourth-order valence-corrected chi connectivity index (χ4v) is 4.22. The van der Waals surface area contributed by atoms with E-state index in [1.54, 1.807) is 0 Å². The van der Waals surface area contributed by atoms with Gasteiger partial charge in [-0.25, -0.2) is 17.9 Å². The number of rotatable bonds is 7. The monoisotopic (exact) mass is 307 g/mol. The van der Waals surface area contributed by atoms with E-state index >= 15 is 0 Å². The number of ether oxygens (including phenoxy) is 1. The summed E-state index contributed by atoms with van der Waals surface area (Å²) in [5.74, 6) is -0.675. The van der Waals surface area contributed by atoms with Crippen molar-refractivity contribution in [1.29, 1.82) is 0 Å². The Morgan fingerprint density at radius 3 is 2.79 bits per heavy atom. The van der Waals surface area contributed by atoms with Crippen LogP contribution in [0.1, 0.15) is 29.4 Å². The van der Waals surface area contributed by atoms with Crippen LogP contribution < -0.4 is 4.72 Å². The summed E-state index contributed by atoms with van der Waals surface area (Å²) in [5.41, 5.74) is 0. The van der Waals surface area contributed by atoms with Crippen molar-refractivity contribution in [1.82, 2.24) is 4.72 Å². The second-order valence-corrected chi connectivity index (χ2v) is 6.44. The maximum absolute atomic E-state index is 12.2. The zero-order chi connectivity index (χ0) is 14.5. The van der Waals surface area contributed by atoms with E-state index in [0.29, 0.717) is 12.8 Å². The van der Waals surface area contributed by atoms with Crippen LogP contribution in [0.25, 0.3) is 0 Å². The van der Waals surface area contributed by atoms with Crippen molar-refractivity contribution in [3.05, 3.63) is 16.3 Å². The largest absolute Gasteiger partial charge is 0.465 e. The molecule has 1 unspecified atom stereocenters. The molecule has 0 aliphatic heterocycles. The summed E-state index contributed by atoms with van der Waals surface area (Å²) in [7, 11) is -2.59. The molecular formula is C11H17NO5S2. The minimum atomic E-state index is -3.79. The van der Waals surface area contributed by atoms with Crippen molar-refractivity contribution >= 4 is 27.3 Å². The fraction of sp³-hybridized carbons (Fsp3) is 0.545. The van der Waals surface area contributed by atoms with E-state index in [9.17, 15) is 13.2 Å². The van der Waals surface area contributed by atoms with Crippen LogP contribution in [0.3, 0.4) is 0 Å². The number of sulfonamides is 1. The smallest absolute Gasteiger partial charge is 0.349 e. The van der Waals surface area contributed by atoms with Crippen LogP contribution in [-0.4, -0.2) is 39.3 Å². The van der Waals surface area contributed by atoms with Crippen LogP contribution in [0.2, 0.25) is 0 Å². The molecule has 0 aromatic carbocycles. The van der Waals surface area contributed by atoms with E-state index < -0.39 is 16.0 Å². The molecule has 8 heteroatoms. The number of aliphatic hydroxyl groups is 1. The highest BCUT2D eigenvalue weighted by Crippen LogP contribution is 2.23. The van der Waals surface area contributed by atoms with Crippen molar-refractivity contribution in [2.45, 2.75) is 30.7 Å². The average Bonchev–Trinajstić information content (AvgIpc) is 2.87. The minimum Gasteiger partial charge on any atom is -0.465 e. The van der Waals surface area contributed by atoms with Gasteiger partial charge in [-0.3, -0.25) is 0 Å². The molecule has 1 aromatic rings. The molecule has 1 atom stereocenters. The maximum atomic E-state index is 12.2.